The van der Waals surface area contributed by atoms with Crippen molar-refractivity contribution in [3.8, 4) is 11.4 Å². The molecule has 0 spiro atoms. The predicted octanol–water partition coefficient (Wildman–Crippen LogP) is 3.06. The lowest BCUT2D eigenvalue weighted by molar-refractivity contribution is -0.144. The number of benzene rings is 1. The second kappa shape index (κ2) is 9.66. The van der Waals surface area contributed by atoms with E-state index in [1.54, 1.807) is 38.3 Å². The zero-order valence-corrected chi connectivity index (χ0v) is 20.5. The number of carbonyl (C=O) groups is 2. The first kappa shape index (κ1) is 23.5. The van der Waals surface area contributed by atoms with Gasteiger partial charge in [0.25, 0.3) is 5.56 Å². The fraction of sp³-hybridized carbons (Fsp3) is 0.391. The maximum Gasteiger partial charge on any atom is 0.327 e. The molecule has 1 atom stereocenters. The summed E-state index contributed by atoms with van der Waals surface area (Å²) in [5, 5.41) is -0.226. The van der Waals surface area contributed by atoms with Crippen molar-refractivity contribution in [2.45, 2.75) is 37.2 Å². The van der Waals surface area contributed by atoms with Gasteiger partial charge in [0.15, 0.2) is 16.2 Å². The summed E-state index contributed by atoms with van der Waals surface area (Å²) in [6.45, 7) is 4.81. The first-order valence-corrected chi connectivity index (χ1v) is 12.3. The van der Waals surface area contributed by atoms with E-state index in [-0.39, 0.29) is 23.1 Å². The maximum atomic E-state index is 13.8. The normalized spacial score (nSPS) is 14.7. The highest BCUT2D eigenvalue weighted by Gasteiger charge is 2.30. The van der Waals surface area contributed by atoms with E-state index in [9.17, 15) is 14.4 Å². The first-order chi connectivity index (χ1) is 15.8. The Bertz CT molecular complexity index is 1270. The van der Waals surface area contributed by atoms with Gasteiger partial charge in [-0.2, -0.15) is 0 Å². The molecule has 0 aliphatic carbocycles. The van der Waals surface area contributed by atoms with Crippen molar-refractivity contribution < 1.29 is 19.1 Å². The molecular formula is C23H25N3O5S2. The molecule has 33 heavy (non-hydrogen) atoms. The molecular weight excluding hydrogens is 462 g/mol. The number of aromatic nitrogens is 2. The highest BCUT2D eigenvalue weighted by Crippen LogP contribution is 2.35. The quantitative estimate of drug-likeness (QED) is 0.217. The number of carbonyl (C=O) groups excluding carboxylic acids is 2. The van der Waals surface area contributed by atoms with Crippen LogP contribution in [-0.4, -0.2) is 58.8 Å². The monoisotopic (exact) mass is 487 g/mol. The third kappa shape index (κ3) is 4.55. The van der Waals surface area contributed by atoms with E-state index in [0.29, 0.717) is 21.7 Å². The number of ether oxygens (including phenoxy) is 2. The average Bonchev–Trinajstić information content (AvgIpc) is 3.15. The van der Waals surface area contributed by atoms with Crippen LogP contribution in [0.1, 0.15) is 24.3 Å². The molecule has 3 aromatic rings. The smallest absolute Gasteiger partial charge is 0.327 e. The summed E-state index contributed by atoms with van der Waals surface area (Å²) in [6.07, 6.45) is 0.775. The molecule has 10 heteroatoms. The number of likely N-dealkylation sites (N-methyl/N-ethyl adjacent to an activating group) is 1. The van der Waals surface area contributed by atoms with Crippen molar-refractivity contribution in [1.82, 2.24) is 14.5 Å². The highest BCUT2D eigenvalue weighted by molar-refractivity contribution is 8.01. The van der Waals surface area contributed by atoms with E-state index in [4.69, 9.17) is 14.5 Å². The summed E-state index contributed by atoms with van der Waals surface area (Å²) in [6, 6.07) is 7.04. The van der Waals surface area contributed by atoms with Crippen LogP contribution in [0, 0.1) is 0 Å². The van der Waals surface area contributed by atoms with Crippen LogP contribution in [0.3, 0.4) is 0 Å². The van der Waals surface area contributed by atoms with Crippen LogP contribution < -0.4 is 10.3 Å². The summed E-state index contributed by atoms with van der Waals surface area (Å²) < 4.78 is 11.8. The molecule has 8 nitrogen and oxygen atoms in total. The molecule has 0 saturated carbocycles. The van der Waals surface area contributed by atoms with Crippen LogP contribution >= 0.6 is 23.1 Å². The zero-order valence-electron chi connectivity index (χ0n) is 18.9. The van der Waals surface area contributed by atoms with Crippen molar-refractivity contribution in [2.24, 2.45) is 0 Å². The second-order valence-electron chi connectivity index (χ2n) is 7.77. The Morgan fingerprint density at radius 2 is 2.00 bits per heavy atom. The van der Waals surface area contributed by atoms with Gasteiger partial charge < -0.3 is 14.4 Å². The minimum atomic E-state index is -1.11. The Labute approximate surface area is 199 Å². The number of esters is 1. The topological polar surface area (TPSA) is 90.7 Å². The van der Waals surface area contributed by atoms with Gasteiger partial charge in [-0.15, -0.1) is 11.3 Å². The van der Waals surface area contributed by atoms with Crippen LogP contribution in [0.4, 0.5) is 0 Å². The van der Waals surface area contributed by atoms with E-state index < -0.39 is 11.2 Å². The standard InChI is InChI=1S/C23H25N3O5S2/c1-5-31-22(29)19(13(2)27)33-23-24-20-18(16-10-11-25(3)12-17(16)32-20)21(28)26(23)14-6-8-15(30-4)9-7-14/h6-9,19H,5,10-12H2,1-4H3. The highest BCUT2D eigenvalue weighted by atomic mass is 32.2. The minimum Gasteiger partial charge on any atom is -0.497 e. The Hall–Kier alpha value is -2.69. The third-order valence-corrected chi connectivity index (χ3v) is 7.81. The van der Waals surface area contributed by atoms with Crippen molar-refractivity contribution in [3.05, 3.63) is 45.1 Å². The molecule has 1 aliphatic heterocycles. The number of Topliss-reactive ketones (excluding diaryl/α,β-unsaturated/α-hetero) is 1. The van der Waals surface area contributed by atoms with E-state index in [0.717, 1.165) is 41.7 Å². The lowest BCUT2D eigenvalue weighted by atomic mass is 10.1. The summed E-state index contributed by atoms with van der Waals surface area (Å²) in [5.41, 5.74) is 1.41. The van der Waals surface area contributed by atoms with Crippen molar-refractivity contribution in [3.63, 3.8) is 0 Å². The molecule has 1 unspecified atom stereocenters. The van der Waals surface area contributed by atoms with Gasteiger partial charge in [0, 0.05) is 18.0 Å². The largest absolute Gasteiger partial charge is 0.497 e. The summed E-state index contributed by atoms with van der Waals surface area (Å²) in [4.78, 5) is 47.3. The Morgan fingerprint density at radius 1 is 1.27 bits per heavy atom. The molecule has 0 fully saturated rings. The van der Waals surface area contributed by atoms with Gasteiger partial charge >= 0.3 is 5.97 Å². The Balaban J connectivity index is 1.92. The third-order valence-electron chi connectivity index (χ3n) is 5.46. The number of methoxy groups -OCH3 is 1. The fourth-order valence-corrected chi connectivity index (χ4v) is 6.14. The van der Waals surface area contributed by atoms with E-state index in [1.165, 1.54) is 22.8 Å². The minimum absolute atomic E-state index is 0.159. The number of fused-ring (bicyclic) bond motifs is 3. The van der Waals surface area contributed by atoms with Gasteiger partial charge in [0.2, 0.25) is 0 Å². The fourth-order valence-electron chi connectivity index (χ4n) is 3.81. The molecule has 0 radical (unpaired) electrons. The van der Waals surface area contributed by atoms with Crippen LogP contribution in [0.25, 0.3) is 15.9 Å². The number of hydrogen-bond donors (Lipinski definition) is 0. The number of thioether (sulfide) groups is 1. The molecule has 2 aromatic heterocycles. The maximum absolute atomic E-state index is 13.8. The van der Waals surface area contributed by atoms with Crippen molar-refractivity contribution >= 4 is 45.1 Å². The van der Waals surface area contributed by atoms with Crippen LogP contribution in [0.5, 0.6) is 5.75 Å². The summed E-state index contributed by atoms with van der Waals surface area (Å²) in [7, 11) is 3.62. The van der Waals surface area contributed by atoms with Crippen molar-refractivity contribution in [1.29, 1.82) is 0 Å². The number of thiophene rings is 1. The van der Waals surface area contributed by atoms with Crippen LogP contribution in [0.15, 0.2) is 34.2 Å². The number of hydrogen-bond acceptors (Lipinski definition) is 9. The number of rotatable bonds is 7. The Kier molecular flexibility index (Phi) is 6.87. The lowest BCUT2D eigenvalue weighted by Gasteiger charge is -2.22. The molecule has 0 N–H and O–H groups in total. The predicted molar refractivity (Wildman–Crippen MR) is 129 cm³/mol. The first-order valence-electron chi connectivity index (χ1n) is 10.6. The van der Waals surface area contributed by atoms with E-state index in [1.807, 2.05) is 0 Å². The zero-order chi connectivity index (χ0) is 23.7. The summed E-state index contributed by atoms with van der Waals surface area (Å²) >= 11 is 2.44. The van der Waals surface area contributed by atoms with Gasteiger partial charge in [-0.05, 0) is 57.1 Å². The number of nitrogens with zero attached hydrogens (tertiary/aromatic N) is 3. The van der Waals surface area contributed by atoms with Gasteiger partial charge in [-0.3, -0.25) is 19.0 Å². The van der Waals surface area contributed by atoms with E-state index in [2.05, 4.69) is 11.9 Å². The molecule has 174 valence electrons. The molecule has 0 bridgehead atoms. The molecule has 3 heterocycles. The summed E-state index contributed by atoms with van der Waals surface area (Å²) in [5.74, 6) is -0.349. The lowest BCUT2D eigenvalue weighted by Crippen LogP contribution is -2.30. The van der Waals surface area contributed by atoms with Gasteiger partial charge in [0.05, 0.1) is 24.8 Å². The van der Waals surface area contributed by atoms with E-state index >= 15 is 0 Å². The molecule has 0 amide bonds. The van der Waals surface area contributed by atoms with Gasteiger partial charge in [-0.1, -0.05) is 11.8 Å². The van der Waals surface area contributed by atoms with Crippen molar-refractivity contribution in [2.75, 3.05) is 27.3 Å². The molecule has 1 aromatic carbocycles. The average molecular weight is 488 g/mol. The Morgan fingerprint density at radius 3 is 2.64 bits per heavy atom. The number of ketones is 1. The second-order valence-corrected chi connectivity index (χ2v) is 9.92. The molecule has 1 aliphatic rings. The van der Waals surface area contributed by atoms with Gasteiger partial charge in [-0.25, -0.2) is 4.98 Å². The SMILES string of the molecule is CCOC(=O)C(Sc1nc2sc3c(c2c(=O)n1-c1ccc(OC)cc1)CCN(C)C3)C(C)=O. The van der Waals surface area contributed by atoms with Gasteiger partial charge in [0.1, 0.15) is 10.6 Å². The molecule has 4 rings (SSSR count). The van der Waals surface area contributed by atoms with Crippen LogP contribution in [-0.2, 0) is 27.3 Å². The molecule has 0 saturated heterocycles. The van der Waals surface area contributed by atoms with Crippen LogP contribution in [0.2, 0.25) is 0 Å².